The van der Waals surface area contributed by atoms with Crippen molar-refractivity contribution in [3.8, 4) is 0 Å². The largest absolute Gasteiger partial charge is 0.356 e. The molecule has 1 aliphatic carbocycles. The van der Waals surface area contributed by atoms with Gasteiger partial charge in [-0.1, -0.05) is 12.2 Å². The molecule has 1 heterocycles. The number of carbonyl (C=O) groups excluding carboxylic acids is 1. The van der Waals surface area contributed by atoms with Gasteiger partial charge in [0.25, 0.3) is 0 Å². The van der Waals surface area contributed by atoms with E-state index in [9.17, 15) is 4.79 Å². The second-order valence-corrected chi connectivity index (χ2v) is 5.26. The lowest BCUT2D eigenvalue weighted by atomic mass is 10.1. The zero-order valence-corrected chi connectivity index (χ0v) is 11.2. The molecule has 2 aliphatic rings. The molecular weight excluding hydrogens is 226 g/mol. The van der Waals surface area contributed by atoms with Gasteiger partial charge in [-0.2, -0.15) is 0 Å². The first-order chi connectivity index (χ1) is 8.84. The van der Waals surface area contributed by atoms with Crippen LogP contribution < -0.4 is 10.6 Å². The second kappa shape index (κ2) is 7.54. The Bertz CT molecular complexity index is 285. The first-order valence-corrected chi connectivity index (χ1v) is 7.21. The summed E-state index contributed by atoms with van der Waals surface area (Å²) in [5.41, 5.74) is 0. The van der Waals surface area contributed by atoms with Crippen molar-refractivity contribution in [1.82, 2.24) is 15.5 Å². The van der Waals surface area contributed by atoms with E-state index in [2.05, 4.69) is 27.7 Å². The second-order valence-electron chi connectivity index (χ2n) is 5.26. The van der Waals surface area contributed by atoms with Gasteiger partial charge in [-0.25, -0.2) is 0 Å². The molecule has 0 aromatic heterocycles. The van der Waals surface area contributed by atoms with Crippen LogP contribution in [0.15, 0.2) is 12.2 Å². The zero-order valence-electron chi connectivity index (χ0n) is 11.2. The van der Waals surface area contributed by atoms with Crippen molar-refractivity contribution >= 4 is 5.91 Å². The molecule has 1 unspecified atom stereocenters. The number of piperazine rings is 1. The van der Waals surface area contributed by atoms with Crippen LogP contribution in [0.1, 0.15) is 25.7 Å². The summed E-state index contributed by atoms with van der Waals surface area (Å²) in [4.78, 5) is 14.1. The fraction of sp³-hybridized carbons (Fsp3) is 0.786. The Balaban J connectivity index is 1.49. The molecular formula is C14H25N3O. The minimum absolute atomic E-state index is 0.215. The Morgan fingerprint density at radius 2 is 2.22 bits per heavy atom. The SMILES string of the molecule is O=C(CC1C=CCC1)NCCCN1CCNCC1. The van der Waals surface area contributed by atoms with Gasteiger partial charge in [0.1, 0.15) is 0 Å². The highest BCUT2D eigenvalue weighted by Gasteiger charge is 2.13. The van der Waals surface area contributed by atoms with E-state index in [0.29, 0.717) is 12.3 Å². The van der Waals surface area contributed by atoms with Crippen molar-refractivity contribution in [2.75, 3.05) is 39.3 Å². The van der Waals surface area contributed by atoms with E-state index in [1.165, 1.54) is 0 Å². The van der Waals surface area contributed by atoms with E-state index in [4.69, 9.17) is 0 Å². The fourth-order valence-electron chi connectivity index (χ4n) is 2.64. The minimum atomic E-state index is 0.215. The third kappa shape index (κ3) is 4.78. The first-order valence-electron chi connectivity index (χ1n) is 7.21. The summed E-state index contributed by atoms with van der Waals surface area (Å²) in [5.74, 6) is 0.699. The van der Waals surface area contributed by atoms with Gasteiger partial charge in [0.05, 0.1) is 0 Å². The van der Waals surface area contributed by atoms with Crippen molar-refractivity contribution in [1.29, 1.82) is 0 Å². The quantitative estimate of drug-likeness (QED) is 0.541. The molecule has 4 heteroatoms. The first kappa shape index (κ1) is 13.6. The van der Waals surface area contributed by atoms with Gasteiger partial charge < -0.3 is 15.5 Å². The summed E-state index contributed by atoms with van der Waals surface area (Å²) in [5, 5.41) is 6.38. The number of carbonyl (C=O) groups is 1. The lowest BCUT2D eigenvalue weighted by Gasteiger charge is -2.27. The van der Waals surface area contributed by atoms with Crippen LogP contribution >= 0.6 is 0 Å². The minimum Gasteiger partial charge on any atom is -0.356 e. The topological polar surface area (TPSA) is 44.4 Å². The van der Waals surface area contributed by atoms with Gasteiger partial charge in [0, 0.05) is 39.1 Å². The van der Waals surface area contributed by atoms with E-state index in [0.717, 1.165) is 58.5 Å². The molecule has 0 bridgehead atoms. The number of nitrogens with zero attached hydrogens (tertiary/aromatic N) is 1. The average molecular weight is 251 g/mol. The van der Waals surface area contributed by atoms with Crippen LogP contribution in [0.2, 0.25) is 0 Å². The Morgan fingerprint density at radius 1 is 1.39 bits per heavy atom. The summed E-state index contributed by atoms with van der Waals surface area (Å²) < 4.78 is 0. The van der Waals surface area contributed by atoms with Gasteiger partial charge in [0.2, 0.25) is 5.91 Å². The van der Waals surface area contributed by atoms with Crippen molar-refractivity contribution in [3.05, 3.63) is 12.2 Å². The van der Waals surface area contributed by atoms with E-state index < -0.39 is 0 Å². The van der Waals surface area contributed by atoms with Crippen LogP contribution in [-0.2, 0) is 4.79 Å². The summed E-state index contributed by atoms with van der Waals surface area (Å²) in [6, 6.07) is 0. The molecule has 0 saturated carbocycles. The van der Waals surface area contributed by atoms with Crippen LogP contribution in [0.25, 0.3) is 0 Å². The lowest BCUT2D eigenvalue weighted by Crippen LogP contribution is -2.44. The number of amides is 1. The summed E-state index contributed by atoms with van der Waals surface area (Å²) in [7, 11) is 0. The van der Waals surface area contributed by atoms with Crippen LogP contribution in [0.4, 0.5) is 0 Å². The van der Waals surface area contributed by atoms with E-state index >= 15 is 0 Å². The molecule has 0 radical (unpaired) electrons. The average Bonchev–Trinajstić information content (AvgIpc) is 2.89. The van der Waals surface area contributed by atoms with Crippen LogP contribution in [0.5, 0.6) is 0 Å². The van der Waals surface area contributed by atoms with Gasteiger partial charge >= 0.3 is 0 Å². The Labute approximate surface area is 110 Å². The molecule has 1 amide bonds. The molecule has 1 saturated heterocycles. The third-order valence-electron chi connectivity index (χ3n) is 3.74. The smallest absolute Gasteiger partial charge is 0.220 e. The Morgan fingerprint density at radius 3 is 2.94 bits per heavy atom. The van der Waals surface area contributed by atoms with Crippen LogP contribution in [-0.4, -0.2) is 50.1 Å². The number of hydrogen-bond acceptors (Lipinski definition) is 3. The molecule has 18 heavy (non-hydrogen) atoms. The van der Waals surface area contributed by atoms with Crippen LogP contribution in [0, 0.1) is 5.92 Å². The predicted molar refractivity (Wildman–Crippen MR) is 73.4 cm³/mol. The molecule has 0 aromatic carbocycles. The molecule has 1 atom stereocenters. The summed E-state index contributed by atoms with van der Waals surface area (Å²) in [6.07, 6.45) is 8.38. The molecule has 1 aliphatic heterocycles. The maximum atomic E-state index is 11.7. The van der Waals surface area contributed by atoms with Gasteiger partial charge in [-0.05, 0) is 31.7 Å². The number of hydrogen-bond donors (Lipinski definition) is 2. The normalized spacial score (nSPS) is 24.3. The highest BCUT2D eigenvalue weighted by molar-refractivity contribution is 5.76. The molecule has 0 aromatic rings. The monoisotopic (exact) mass is 251 g/mol. The molecule has 2 N–H and O–H groups in total. The van der Waals surface area contributed by atoms with Crippen LogP contribution in [0.3, 0.4) is 0 Å². The van der Waals surface area contributed by atoms with Gasteiger partial charge in [-0.15, -0.1) is 0 Å². The maximum absolute atomic E-state index is 11.7. The molecule has 2 rings (SSSR count). The number of nitrogens with one attached hydrogen (secondary N) is 2. The molecule has 0 spiro atoms. The summed E-state index contributed by atoms with van der Waals surface area (Å²) in [6.45, 7) is 6.40. The zero-order chi connectivity index (χ0) is 12.6. The third-order valence-corrected chi connectivity index (χ3v) is 3.74. The van der Waals surface area contributed by atoms with Crippen molar-refractivity contribution in [3.63, 3.8) is 0 Å². The van der Waals surface area contributed by atoms with Gasteiger partial charge in [0.15, 0.2) is 0 Å². The molecule has 1 fully saturated rings. The highest BCUT2D eigenvalue weighted by Crippen LogP contribution is 2.19. The molecule has 4 nitrogen and oxygen atoms in total. The van der Waals surface area contributed by atoms with Crippen molar-refractivity contribution in [2.24, 2.45) is 5.92 Å². The van der Waals surface area contributed by atoms with E-state index in [1.54, 1.807) is 0 Å². The maximum Gasteiger partial charge on any atom is 0.220 e. The fourth-order valence-corrected chi connectivity index (χ4v) is 2.64. The van der Waals surface area contributed by atoms with Crippen molar-refractivity contribution < 1.29 is 4.79 Å². The van der Waals surface area contributed by atoms with Crippen molar-refractivity contribution in [2.45, 2.75) is 25.7 Å². The summed E-state index contributed by atoms with van der Waals surface area (Å²) >= 11 is 0. The number of rotatable bonds is 6. The molecule has 102 valence electrons. The lowest BCUT2D eigenvalue weighted by molar-refractivity contribution is -0.121. The Kier molecular flexibility index (Phi) is 5.68. The van der Waals surface area contributed by atoms with E-state index in [1.807, 2.05) is 0 Å². The standard InChI is InChI=1S/C14H25N3O/c18-14(12-13-4-1-2-5-13)16-6-3-9-17-10-7-15-8-11-17/h1,4,13,15H,2-3,5-12H2,(H,16,18). The van der Waals surface area contributed by atoms with Gasteiger partial charge in [-0.3, -0.25) is 4.79 Å². The predicted octanol–water partition coefficient (Wildman–Crippen LogP) is 0.754. The highest BCUT2D eigenvalue weighted by atomic mass is 16.1. The number of allylic oxidation sites excluding steroid dienone is 2. The van der Waals surface area contributed by atoms with E-state index in [-0.39, 0.29) is 5.91 Å². The Hall–Kier alpha value is -0.870.